The highest BCUT2D eigenvalue weighted by Gasteiger charge is 1.96. The predicted molar refractivity (Wildman–Crippen MR) is 57.0 cm³/mol. The summed E-state index contributed by atoms with van der Waals surface area (Å²) in [7, 11) is 0. The van der Waals surface area contributed by atoms with Gasteiger partial charge in [0.25, 0.3) is 0 Å². The quantitative estimate of drug-likeness (QED) is 0.387. The maximum atomic E-state index is 5.40. The molecule has 0 aromatic heterocycles. The zero-order valence-corrected chi connectivity index (χ0v) is 8.39. The molecule has 0 rings (SSSR count). The van der Waals surface area contributed by atoms with Gasteiger partial charge in [-0.15, -0.1) is 0 Å². The average Bonchev–Trinajstić information content (AvgIpc) is 2.11. The molecule has 0 aromatic rings. The summed E-state index contributed by atoms with van der Waals surface area (Å²) < 4.78 is 2.81. The van der Waals surface area contributed by atoms with Gasteiger partial charge in [0.05, 0.1) is 0 Å². The number of nitrogens with zero attached hydrogens (tertiary/aromatic N) is 1. The fourth-order valence-electron chi connectivity index (χ4n) is 0.950. The van der Waals surface area contributed by atoms with Crippen molar-refractivity contribution in [3.05, 3.63) is 12.8 Å². The van der Waals surface area contributed by atoms with Crippen molar-refractivity contribution in [1.29, 1.82) is 0 Å². The number of hydrogen-bond donors (Lipinski definition) is 3. The first kappa shape index (κ1) is 11.8. The van der Waals surface area contributed by atoms with E-state index in [9.17, 15) is 0 Å². The number of nitrogens with one attached hydrogen (secondary N) is 1. The first-order chi connectivity index (χ1) is 5.85. The van der Waals surface area contributed by atoms with Gasteiger partial charge in [-0.1, -0.05) is 19.4 Å². The van der Waals surface area contributed by atoms with E-state index in [1.165, 1.54) is 0 Å². The molecule has 0 heterocycles. The van der Waals surface area contributed by atoms with Gasteiger partial charge >= 0.3 is 0 Å². The van der Waals surface area contributed by atoms with Gasteiger partial charge in [-0.05, 0) is 25.6 Å². The zero-order valence-electron chi connectivity index (χ0n) is 7.50. The Kier molecular flexibility index (Phi) is 8.76. The number of thiol groups is 1. The first-order valence-electron chi connectivity index (χ1n) is 4.28. The minimum absolute atomic E-state index is 0.745. The second-order valence-electron chi connectivity index (χ2n) is 2.62. The van der Waals surface area contributed by atoms with Crippen molar-refractivity contribution in [2.75, 3.05) is 26.2 Å². The van der Waals surface area contributed by atoms with Crippen LogP contribution in [-0.2, 0) is 0 Å². The van der Waals surface area contributed by atoms with E-state index < -0.39 is 0 Å². The van der Waals surface area contributed by atoms with Crippen molar-refractivity contribution in [1.82, 2.24) is 9.62 Å². The van der Waals surface area contributed by atoms with Gasteiger partial charge < -0.3 is 10.6 Å². The lowest BCUT2D eigenvalue weighted by Gasteiger charge is -2.18. The van der Waals surface area contributed by atoms with Crippen molar-refractivity contribution in [3.63, 3.8) is 0 Å². The van der Waals surface area contributed by atoms with Crippen LogP contribution in [0.15, 0.2) is 12.8 Å². The second-order valence-corrected chi connectivity index (χ2v) is 2.94. The van der Waals surface area contributed by atoms with Crippen LogP contribution >= 0.6 is 12.8 Å². The molecule has 0 bridgehead atoms. The summed E-state index contributed by atoms with van der Waals surface area (Å²) in [5, 5.41) is 0. The molecule has 3 nitrogen and oxygen atoms in total. The number of hydrogen-bond acceptors (Lipinski definition) is 4. The van der Waals surface area contributed by atoms with Crippen molar-refractivity contribution < 1.29 is 0 Å². The highest BCUT2D eigenvalue weighted by atomic mass is 32.1. The summed E-state index contributed by atoms with van der Waals surface area (Å²) in [4.78, 5) is 2.18. The Labute approximate surface area is 80.5 Å². The van der Waals surface area contributed by atoms with Gasteiger partial charge in [0.2, 0.25) is 0 Å². The third-order valence-electron chi connectivity index (χ3n) is 1.64. The molecule has 0 spiro atoms. The zero-order chi connectivity index (χ0) is 9.23. The molecule has 0 atom stereocenters. The molecule has 0 saturated heterocycles. The second kappa shape index (κ2) is 8.90. The van der Waals surface area contributed by atoms with Crippen molar-refractivity contribution >= 4 is 12.8 Å². The molecule has 12 heavy (non-hydrogen) atoms. The van der Waals surface area contributed by atoms with Gasteiger partial charge in [-0.3, -0.25) is 4.72 Å². The lowest BCUT2D eigenvalue weighted by Crippen LogP contribution is -2.23. The van der Waals surface area contributed by atoms with Gasteiger partial charge in [0, 0.05) is 19.6 Å². The summed E-state index contributed by atoms with van der Waals surface area (Å²) in [5.41, 5.74) is 5.40. The van der Waals surface area contributed by atoms with Gasteiger partial charge in [-0.25, -0.2) is 0 Å². The third-order valence-corrected chi connectivity index (χ3v) is 1.87. The molecule has 0 aliphatic heterocycles. The van der Waals surface area contributed by atoms with Crippen LogP contribution in [0.3, 0.4) is 0 Å². The molecular formula is C8H19N3S. The molecule has 0 aromatic carbocycles. The van der Waals surface area contributed by atoms with Crippen molar-refractivity contribution in [2.45, 2.75) is 12.8 Å². The van der Waals surface area contributed by atoms with E-state index in [1.807, 2.05) is 6.20 Å². The molecule has 0 aliphatic rings. The Morgan fingerprint density at radius 2 is 2.08 bits per heavy atom. The molecule has 3 N–H and O–H groups in total. The van der Waals surface area contributed by atoms with Crippen LogP contribution in [0.4, 0.5) is 0 Å². The molecule has 0 saturated carbocycles. The fraction of sp³-hybridized carbons (Fsp3) is 0.750. The maximum Gasteiger partial charge on any atom is 0.0184 e. The van der Waals surface area contributed by atoms with Crippen LogP contribution in [0.2, 0.25) is 0 Å². The first-order valence-corrected chi connectivity index (χ1v) is 4.73. The van der Waals surface area contributed by atoms with Crippen molar-refractivity contribution in [3.8, 4) is 0 Å². The van der Waals surface area contributed by atoms with Gasteiger partial charge in [0.15, 0.2) is 0 Å². The molecule has 4 heteroatoms. The van der Waals surface area contributed by atoms with E-state index in [-0.39, 0.29) is 0 Å². The van der Waals surface area contributed by atoms with E-state index in [4.69, 9.17) is 5.73 Å². The van der Waals surface area contributed by atoms with Crippen molar-refractivity contribution in [2.24, 2.45) is 5.73 Å². The Morgan fingerprint density at radius 3 is 2.58 bits per heavy atom. The SMILES string of the molecule is C=CN(CCCN)CCCNS. The highest BCUT2D eigenvalue weighted by molar-refractivity contribution is 7.78. The van der Waals surface area contributed by atoms with Gasteiger partial charge in [-0.2, -0.15) is 0 Å². The molecule has 0 radical (unpaired) electrons. The molecule has 0 unspecified atom stereocenters. The Morgan fingerprint density at radius 1 is 1.42 bits per heavy atom. The lowest BCUT2D eigenvalue weighted by atomic mass is 10.3. The van der Waals surface area contributed by atoms with E-state index in [0.717, 1.165) is 39.0 Å². The largest absolute Gasteiger partial charge is 0.378 e. The van der Waals surface area contributed by atoms with E-state index in [2.05, 4.69) is 29.0 Å². The Bertz CT molecular complexity index is 108. The minimum atomic E-state index is 0.745. The lowest BCUT2D eigenvalue weighted by molar-refractivity contribution is 0.367. The molecule has 0 amide bonds. The molecule has 0 aliphatic carbocycles. The van der Waals surface area contributed by atoms with Crippen LogP contribution in [0.25, 0.3) is 0 Å². The van der Waals surface area contributed by atoms with Crippen LogP contribution in [0.1, 0.15) is 12.8 Å². The third kappa shape index (κ3) is 6.52. The summed E-state index contributed by atoms with van der Waals surface area (Å²) in [6.45, 7) is 7.44. The number of nitrogens with two attached hydrogens (primary N) is 1. The fourth-order valence-corrected chi connectivity index (χ4v) is 1.11. The monoisotopic (exact) mass is 189 g/mol. The topological polar surface area (TPSA) is 41.3 Å². The number of rotatable bonds is 8. The summed E-state index contributed by atoms with van der Waals surface area (Å²) >= 11 is 3.91. The molecule has 72 valence electrons. The van der Waals surface area contributed by atoms with Crippen LogP contribution < -0.4 is 10.5 Å². The van der Waals surface area contributed by atoms with Crippen LogP contribution in [-0.4, -0.2) is 31.1 Å². The van der Waals surface area contributed by atoms with E-state index >= 15 is 0 Å². The van der Waals surface area contributed by atoms with Gasteiger partial charge in [0.1, 0.15) is 0 Å². The normalized spacial score (nSPS) is 9.83. The van der Waals surface area contributed by atoms with E-state index in [1.54, 1.807) is 0 Å². The standard InChI is InChI=1S/C8H19N3S/c1-2-11(7-3-5-9)8-4-6-10-12/h2,10,12H,1,3-9H2. The molecular weight excluding hydrogens is 170 g/mol. The summed E-state index contributed by atoms with van der Waals surface area (Å²) in [6, 6.07) is 0. The average molecular weight is 189 g/mol. The summed E-state index contributed by atoms with van der Waals surface area (Å²) in [5.74, 6) is 0. The highest BCUT2D eigenvalue weighted by Crippen LogP contribution is 1.93. The minimum Gasteiger partial charge on any atom is -0.378 e. The van der Waals surface area contributed by atoms with Crippen LogP contribution in [0.5, 0.6) is 0 Å². The smallest absolute Gasteiger partial charge is 0.0184 e. The van der Waals surface area contributed by atoms with Crippen LogP contribution in [0, 0.1) is 0 Å². The summed E-state index contributed by atoms with van der Waals surface area (Å²) in [6.07, 6.45) is 3.98. The molecule has 0 fully saturated rings. The maximum absolute atomic E-state index is 5.40. The van der Waals surface area contributed by atoms with E-state index in [0.29, 0.717) is 0 Å². The predicted octanol–water partition coefficient (Wildman–Crippen LogP) is 0.605. The Balaban J connectivity index is 3.32. The Hall–Kier alpha value is -0.190.